The van der Waals surface area contributed by atoms with Gasteiger partial charge in [0.1, 0.15) is 0 Å². The molecule has 0 aromatic heterocycles. The smallest absolute Gasteiger partial charge is 0.212 e. The van der Waals surface area contributed by atoms with Crippen LogP contribution in [0.1, 0.15) is 32.6 Å². The first-order valence-electron chi connectivity index (χ1n) is 7.35. The first-order chi connectivity index (χ1) is 9.07. The summed E-state index contributed by atoms with van der Waals surface area (Å²) in [5.41, 5.74) is 0. The number of nitrogens with one attached hydrogen (secondary N) is 2. The van der Waals surface area contributed by atoms with Gasteiger partial charge in [0.15, 0.2) is 0 Å². The Hall–Kier alpha value is -0.170. The van der Waals surface area contributed by atoms with E-state index in [1.54, 1.807) is 0 Å². The maximum atomic E-state index is 12.2. The van der Waals surface area contributed by atoms with Crippen LogP contribution in [0.15, 0.2) is 0 Å². The molecule has 1 atom stereocenters. The number of piperidine rings is 1. The Balaban J connectivity index is 1.81. The van der Waals surface area contributed by atoms with Crippen LogP contribution in [0.25, 0.3) is 0 Å². The third-order valence-electron chi connectivity index (χ3n) is 4.25. The van der Waals surface area contributed by atoms with E-state index < -0.39 is 10.0 Å². The van der Waals surface area contributed by atoms with Gasteiger partial charge in [-0.25, -0.2) is 13.1 Å². The van der Waals surface area contributed by atoms with Gasteiger partial charge in [-0.1, -0.05) is 0 Å². The summed E-state index contributed by atoms with van der Waals surface area (Å²) in [5, 5.41) is 3.26. The topological polar surface area (TPSA) is 67.4 Å². The molecular weight excluding hydrogens is 264 g/mol. The maximum Gasteiger partial charge on any atom is 0.212 e. The summed E-state index contributed by atoms with van der Waals surface area (Å²) >= 11 is 0. The van der Waals surface area contributed by atoms with Crippen LogP contribution in [-0.2, 0) is 14.8 Å². The minimum atomic E-state index is -3.15. The molecule has 2 saturated heterocycles. The van der Waals surface area contributed by atoms with Crippen LogP contribution in [0, 0.1) is 11.8 Å². The zero-order chi connectivity index (χ0) is 13.7. The van der Waals surface area contributed by atoms with Crippen LogP contribution in [-0.4, -0.2) is 46.5 Å². The zero-order valence-electron chi connectivity index (χ0n) is 11.7. The number of rotatable bonds is 5. The summed E-state index contributed by atoms with van der Waals surface area (Å²) in [5.74, 6) is 1.000. The van der Waals surface area contributed by atoms with Crippen molar-refractivity contribution in [1.82, 2.24) is 10.0 Å². The van der Waals surface area contributed by atoms with Gasteiger partial charge >= 0.3 is 0 Å². The molecule has 0 saturated carbocycles. The number of hydrogen-bond donors (Lipinski definition) is 2. The lowest BCUT2D eigenvalue weighted by Crippen LogP contribution is -2.43. The van der Waals surface area contributed by atoms with E-state index in [2.05, 4.69) is 10.0 Å². The Morgan fingerprint density at radius 3 is 2.47 bits per heavy atom. The normalized spacial score (nSPS) is 25.3. The Labute approximate surface area is 116 Å². The van der Waals surface area contributed by atoms with Gasteiger partial charge in [0.25, 0.3) is 0 Å². The highest BCUT2D eigenvalue weighted by Gasteiger charge is 2.26. The third kappa shape index (κ3) is 5.02. The van der Waals surface area contributed by atoms with Gasteiger partial charge in [-0.3, -0.25) is 0 Å². The molecule has 0 aromatic rings. The van der Waals surface area contributed by atoms with Gasteiger partial charge in [-0.2, -0.15) is 0 Å². The quantitative estimate of drug-likeness (QED) is 0.783. The van der Waals surface area contributed by atoms with Crippen molar-refractivity contribution < 1.29 is 13.2 Å². The molecule has 112 valence electrons. The Morgan fingerprint density at radius 2 is 1.84 bits per heavy atom. The zero-order valence-corrected chi connectivity index (χ0v) is 12.5. The largest absolute Gasteiger partial charge is 0.381 e. The summed E-state index contributed by atoms with van der Waals surface area (Å²) in [6.45, 7) is 5.37. The first kappa shape index (κ1) is 15.2. The van der Waals surface area contributed by atoms with Crippen molar-refractivity contribution in [3.63, 3.8) is 0 Å². The van der Waals surface area contributed by atoms with E-state index in [-0.39, 0.29) is 11.8 Å². The van der Waals surface area contributed by atoms with Crippen molar-refractivity contribution >= 4 is 10.0 Å². The predicted molar refractivity (Wildman–Crippen MR) is 75.5 cm³/mol. The SMILES string of the molecule is CC(NS(=O)(=O)CC1CCNCC1)C1CCOCC1. The second-order valence-corrected chi connectivity index (χ2v) is 7.63. The third-order valence-corrected chi connectivity index (χ3v) is 5.89. The summed E-state index contributed by atoms with van der Waals surface area (Å²) in [6.07, 6.45) is 3.84. The van der Waals surface area contributed by atoms with Gasteiger partial charge in [-0.05, 0) is 57.5 Å². The Bertz CT molecular complexity index is 360. The summed E-state index contributed by atoms with van der Waals surface area (Å²) in [7, 11) is -3.15. The van der Waals surface area contributed by atoms with Crippen LogP contribution >= 0.6 is 0 Å². The standard InChI is InChI=1S/C13H26N2O3S/c1-11(13-4-8-18-9-5-13)15-19(16,17)10-12-2-6-14-7-3-12/h11-15H,2-10H2,1H3. The molecule has 19 heavy (non-hydrogen) atoms. The van der Waals surface area contributed by atoms with Crippen molar-refractivity contribution in [2.45, 2.75) is 38.6 Å². The fourth-order valence-corrected chi connectivity index (χ4v) is 4.81. The van der Waals surface area contributed by atoms with Crippen molar-refractivity contribution in [1.29, 1.82) is 0 Å². The summed E-state index contributed by atoms with van der Waals surface area (Å²) in [4.78, 5) is 0. The molecule has 2 heterocycles. The van der Waals surface area contributed by atoms with E-state index in [0.29, 0.717) is 11.8 Å². The lowest BCUT2D eigenvalue weighted by atomic mass is 9.94. The van der Waals surface area contributed by atoms with Crippen molar-refractivity contribution in [2.75, 3.05) is 32.1 Å². The highest BCUT2D eigenvalue weighted by atomic mass is 32.2. The molecule has 2 N–H and O–H groups in total. The molecule has 0 amide bonds. The van der Waals surface area contributed by atoms with E-state index >= 15 is 0 Å². The Morgan fingerprint density at radius 1 is 1.21 bits per heavy atom. The first-order valence-corrected chi connectivity index (χ1v) is 9.00. The van der Waals surface area contributed by atoms with Gasteiger partial charge in [0, 0.05) is 19.3 Å². The van der Waals surface area contributed by atoms with E-state index in [4.69, 9.17) is 4.74 Å². The summed E-state index contributed by atoms with van der Waals surface area (Å²) < 4.78 is 32.6. The lowest BCUT2D eigenvalue weighted by Gasteiger charge is -2.29. The molecule has 0 radical (unpaired) electrons. The molecule has 2 aliphatic rings. The molecule has 6 heteroatoms. The second kappa shape index (κ2) is 7.02. The van der Waals surface area contributed by atoms with Crippen molar-refractivity contribution in [3.05, 3.63) is 0 Å². The average molecular weight is 290 g/mol. The Kier molecular flexibility index (Phi) is 5.62. The van der Waals surface area contributed by atoms with E-state index in [1.165, 1.54) is 0 Å². The van der Waals surface area contributed by atoms with Crippen LogP contribution in [0.5, 0.6) is 0 Å². The molecule has 0 spiro atoms. The van der Waals surface area contributed by atoms with Crippen LogP contribution in [0.3, 0.4) is 0 Å². The highest BCUT2D eigenvalue weighted by Crippen LogP contribution is 2.20. The minimum Gasteiger partial charge on any atom is -0.381 e. The van der Waals surface area contributed by atoms with Gasteiger partial charge in [-0.15, -0.1) is 0 Å². The highest BCUT2D eigenvalue weighted by molar-refractivity contribution is 7.89. The molecule has 2 fully saturated rings. The fraction of sp³-hybridized carbons (Fsp3) is 1.00. The lowest BCUT2D eigenvalue weighted by molar-refractivity contribution is 0.0585. The average Bonchev–Trinajstić information content (AvgIpc) is 2.39. The minimum absolute atomic E-state index is 0.0237. The van der Waals surface area contributed by atoms with Crippen LogP contribution in [0.2, 0.25) is 0 Å². The second-order valence-electron chi connectivity index (χ2n) is 5.83. The molecule has 5 nitrogen and oxygen atoms in total. The monoisotopic (exact) mass is 290 g/mol. The molecule has 0 bridgehead atoms. The molecule has 0 aliphatic carbocycles. The summed E-state index contributed by atoms with van der Waals surface area (Å²) in [6, 6.07) is 0.0237. The molecule has 2 aliphatic heterocycles. The van der Waals surface area contributed by atoms with Crippen LogP contribution in [0.4, 0.5) is 0 Å². The molecule has 0 aromatic carbocycles. The molecular formula is C13H26N2O3S. The van der Waals surface area contributed by atoms with Gasteiger partial charge < -0.3 is 10.1 Å². The fourth-order valence-electron chi connectivity index (χ4n) is 3.00. The molecule has 2 rings (SSSR count). The number of hydrogen-bond acceptors (Lipinski definition) is 4. The number of ether oxygens (including phenoxy) is 1. The predicted octanol–water partition coefficient (Wildman–Crippen LogP) is 0.721. The van der Waals surface area contributed by atoms with E-state index in [9.17, 15) is 8.42 Å². The van der Waals surface area contributed by atoms with Crippen LogP contribution < -0.4 is 10.0 Å². The van der Waals surface area contributed by atoms with E-state index in [0.717, 1.165) is 52.0 Å². The molecule has 1 unspecified atom stereocenters. The van der Waals surface area contributed by atoms with Gasteiger partial charge in [0.05, 0.1) is 5.75 Å². The van der Waals surface area contributed by atoms with Crippen molar-refractivity contribution in [3.8, 4) is 0 Å². The van der Waals surface area contributed by atoms with Gasteiger partial charge in [0.2, 0.25) is 10.0 Å². The van der Waals surface area contributed by atoms with E-state index in [1.807, 2.05) is 6.92 Å². The number of sulfonamides is 1. The van der Waals surface area contributed by atoms with Crippen molar-refractivity contribution in [2.24, 2.45) is 11.8 Å². The maximum absolute atomic E-state index is 12.2.